The summed E-state index contributed by atoms with van der Waals surface area (Å²) in [5.41, 5.74) is 1.97. The van der Waals surface area contributed by atoms with Crippen molar-refractivity contribution in [3.8, 4) is 0 Å². The van der Waals surface area contributed by atoms with Crippen molar-refractivity contribution in [2.75, 3.05) is 15.5 Å². The zero-order chi connectivity index (χ0) is 22.8. The van der Waals surface area contributed by atoms with Crippen LogP contribution < -0.4 is 15.5 Å². The fraction of sp³-hybridized carbons (Fsp3) is 0.0417. The molecule has 0 saturated heterocycles. The van der Waals surface area contributed by atoms with Crippen LogP contribution in [0.3, 0.4) is 0 Å². The Labute approximate surface area is 188 Å². The number of aryl methyl sites for hydroxylation is 1. The topological polar surface area (TPSA) is 78.5 Å². The van der Waals surface area contributed by atoms with E-state index in [1.165, 1.54) is 30.3 Å². The second kappa shape index (κ2) is 8.64. The summed E-state index contributed by atoms with van der Waals surface area (Å²) in [6.45, 7) is 1.79. The molecule has 0 saturated carbocycles. The van der Waals surface area contributed by atoms with E-state index in [0.29, 0.717) is 11.4 Å². The SMILES string of the molecule is Cc1ccccc1N1C(=O)C(Cl)=C(Nc2ccc(C(=O)Nc3ccccc3F)cc2)C1=O. The molecule has 3 aromatic carbocycles. The van der Waals surface area contributed by atoms with Gasteiger partial charge in [0, 0.05) is 11.3 Å². The Morgan fingerprint density at radius 2 is 1.56 bits per heavy atom. The summed E-state index contributed by atoms with van der Waals surface area (Å²) in [4.78, 5) is 38.9. The fourth-order valence-corrected chi connectivity index (χ4v) is 3.46. The lowest BCUT2D eigenvalue weighted by Crippen LogP contribution is -2.32. The molecule has 0 spiro atoms. The molecule has 1 heterocycles. The van der Waals surface area contributed by atoms with Crippen LogP contribution in [-0.2, 0) is 9.59 Å². The Kier molecular flexibility index (Phi) is 5.75. The Morgan fingerprint density at radius 3 is 2.25 bits per heavy atom. The Morgan fingerprint density at radius 1 is 0.906 bits per heavy atom. The molecule has 6 nitrogen and oxygen atoms in total. The molecule has 0 fully saturated rings. The van der Waals surface area contributed by atoms with Crippen LogP contribution in [0.1, 0.15) is 15.9 Å². The summed E-state index contributed by atoms with van der Waals surface area (Å²) in [6, 6.07) is 19.0. The minimum Gasteiger partial charge on any atom is -0.350 e. The van der Waals surface area contributed by atoms with Crippen LogP contribution in [-0.4, -0.2) is 17.7 Å². The number of hydrogen-bond acceptors (Lipinski definition) is 4. The predicted octanol–water partition coefficient (Wildman–Crippen LogP) is 4.82. The van der Waals surface area contributed by atoms with E-state index in [1.54, 1.807) is 43.3 Å². The zero-order valence-corrected chi connectivity index (χ0v) is 17.6. The highest BCUT2D eigenvalue weighted by atomic mass is 35.5. The number of imide groups is 1. The summed E-state index contributed by atoms with van der Waals surface area (Å²) < 4.78 is 13.7. The highest BCUT2D eigenvalue weighted by molar-refractivity contribution is 6.53. The maximum absolute atomic E-state index is 13.7. The first kappa shape index (κ1) is 21.3. The molecule has 0 radical (unpaired) electrons. The van der Waals surface area contributed by atoms with Gasteiger partial charge in [-0.2, -0.15) is 0 Å². The molecule has 4 rings (SSSR count). The minimum absolute atomic E-state index is 0.0523. The van der Waals surface area contributed by atoms with Crippen LogP contribution in [0.2, 0.25) is 0 Å². The number of rotatable bonds is 5. The number of nitrogens with one attached hydrogen (secondary N) is 2. The molecule has 3 aromatic rings. The lowest BCUT2D eigenvalue weighted by atomic mass is 10.1. The number of carbonyl (C=O) groups excluding carboxylic acids is 3. The lowest BCUT2D eigenvalue weighted by Gasteiger charge is -2.17. The van der Waals surface area contributed by atoms with Crippen LogP contribution in [0.15, 0.2) is 83.5 Å². The largest absolute Gasteiger partial charge is 0.350 e. The molecule has 32 heavy (non-hydrogen) atoms. The minimum atomic E-state index is -0.616. The average Bonchev–Trinajstić information content (AvgIpc) is 2.99. The summed E-state index contributed by atoms with van der Waals surface area (Å²) in [5.74, 6) is -2.22. The monoisotopic (exact) mass is 449 g/mol. The lowest BCUT2D eigenvalue weighted by molar-refractivity contribution is -0.120. The number of anilines is 3. The quantitative estimate of drug-likeness (QED) is 0.547. The molecule has 160 valence electrons. The van der Waals surface area contributed by atoms with E-state index in [0.717, 1.165) is 10.5 Å². The van der Waals surface area contributed by atoms with Gasteiger partial charge in [-0.3, -0.25) is 14.4 Å². The van der Waals surface area contributed by atoms with Crippen molar-refractivity contribution < 1.29 is 18.8 Å². The first-order valence-corrected chi connectivity index (χ1v) is 10.0. The number of benzene rings is 3. The number of para-hydroxylation sites is 2. The van der Waals surface area contributed by atoms with Gasteiger partial charge in [0.15, 0.2) is 0 Å². The van der Waals surface area contributed by atoms with Gasteiger partial charge in [-0.25, -0.2) is 9.29 Å². The molecule has 1 aliphatic heterocycles. The molecular weight excluding hydrogens is 433 g/mol. The summed E-state index contributed by atoms with van der Waals surface area (Å²) >= 11 is 6.16. The molecule has 0 unspecified atom stereocenters. The van der Waals surface area contributed by atoms with E-state index >= 15 is 0 Å². The number of carbonyl (C=O) groups is 3. The number of hydrogen-bond donors (Lipinski definition) is 2. The standard InChI is InChI=1S/C24H17ClFN3O3/c1-14-6-2-5-9-19(14)29-23(31)20(25)21(24(29)32)27-16-12-10-15(11-13-16)22(30)28-18-8-4-3-7-17(18)26/h2-13,27H,1H3,(H,28,30). The van der Waals surface area contributed by atoms with Crippen molar-refractivity contribution in [1.82, 2.24) is 0 Å². The van der Waals surface area contributed by atoms with Crippen LogP contribution in [0.25, 0.3) is 0 Å². The van der Waals surface area contributed by atoms with Crippen LogP contribution in [0, 0.1) is 12.7 Å². The van der Waals surface area contributed by atoms with Gasteiger partial charge >= 0.3 is 0 Å². The maximum atomic E-state index is 13.7. The molecule has 0 aliphatic carbocycles. The third kappa shape index (κ3) is 3.98. The highest BCUT2D eigenvalue weighted by Gasteiger charge is 2.39. The number of halogens is 2. The van der Waals surface area contributed by atoms with Gasteiger partial charge < -0.3 is 10.6 Å². The van der Waals surface area contributed by atoms with Gasteiger partial charge in [0.1, 0.15) is 16.5 Å². The molecule has 0 bridgehead atoms. The highest BCUT2D eigenvalue weighted by Crippen LogP contribution is 2.31. The summed E-state index contributed by atoms with van der Waals surface area (Å²) in [6.07, 6.45) is 0. The molecular formula is C24H17ClFN3O3. The van der Waals surface area contributed by atoms with E-state index in [2.05, 4.69) is 10.6 Å². The number of nitrogens with zero attached hydrogens (tertiary/aromatic N) is 1. The van der Waals surface area contributed by atoms with Gasteiger partial charge in [0.2, 0.25) is 0 Å². The Hall–Kier alpha value is -3.97. The summed E-state index contributed by atoms with van der Waals surface area (Å²) in [7, 11) is 0. The van der Waals surface area contributed by atoms with Gasteiger partial charge in [-0.05, 0) is 55.0 Å². The Bertz CT molecular complexity index is 1270. The van der Waals surface area contributed by atoms with E-state index in [9.17, 15) is 18.8 Å². The smallest absolute Gasteiger partial charge is 0.283 e. The fourth-order valence-electron chi connectivity index (χ4n) is 3.25. The molecule has 0 aromatic heterocycles. The molecule has 2 N–H and O–H groups in total. The molecule has 0 atom stereocenters. The summed E-state index contributed by atoms with van der Waals surface area (Å²) in [5, 5.41) is 5.13. The number of amides is 3. The van der Waals surface area contributed by atoms with E-state index in [1.807, 2.05) is 6.07 Å². The third-order valence-corrected chi connectivity index (χ3v) is 5.27. The van der Waals surface area contributed by atoms with Crippen molar-refractivity contribution in [3.05, 3.63) is 100 Å². The van der Waals surface area contributed by atoms with Gasteiger partial charge in [0.25, 0.3) is 17.7 Å². The van der Waals surface area contributed by atoms with Gasteiger partial charge in [-0.1, -0.05) is 41.9 Å². The molecule has 1 aliphatic rings. The zero-order valence-electron chi connectivity index (χ0n) is 16.9. The second-order valence-corrected chi connectivity index (χ2v) is 7.44. The van der Waals surface area contributed by atoms with E-state index in [4.69, 9.17) is 11.6 Å². The Balaban J connectivity index is 1.50. The van der Waals surface area contributed by atoms with Gasteiger partial charge in [0.05, 0.1) is 11.4 Å². The van der Waals surface area contributed by atoms with E-state index < -0.39 is 23.5 Å². The van der Waals surface area contributed by atoms with Crippen LogP contribution in [0.5, 0.6) is 0 Å². The van der Waals surface area contributed by atoms with Crippen molar-refractivity contribution in [2.45, 2.75) is 6.92 Å². The van der Waals surface area contributed by atoms with Crippen molar-refractivity contribution in [2.24, 2.45) is 0 Å². The molecule has 3 amide bonds. The van der Waals surface area contributed by atoms with Crippen molar-refractivity contribution >= 4 is 46.4 Å². The van der Waals surface area contributed by atoms with Crippen molar-refractivity contribution in [3.63, 3.8) is 0 Å². The maximum Gasteiger partial charge on any atom is 0.283 e. The van der Waals surface area contributed by atoms with Crippen LogP contribution >= 0.6 is 11.6 Å². The second-order valence-electron chi connectivity index (χ2n) is 7.06. The molecule has 8 heteroatoms. The van der Waals surface area contributed by atoms with Gasteiger partial charge in [-0.15, -0.1) is 0 Å². The average molecular weight is 450 g/mol. The van der Waals surface area contributed by atoms with Crippen molar-refractivity contribution in [1.29, 1.82) is 0 Å². The van der Waals surface area contributed by atoms with Crippen LogP contribution in [0.4, 0.5) is 21.5 Å². The first-order valence-electron chi connectivity index (χ1n) is 9.64. The predicted molar refractivity (Wildman–Crippen MR) is 121 cm³/mol. The third-order valence-electron chi connectivity index (χ3n) is 4.92. The first-order chi connectivity index (χ1) is 15.4. The van der Waals surface area contributed by atoms with E-state index in [-0.39, 0.29) is 22.0 Å². The normalized spacial score (nSPS) is 13.5.